The number of nitrogens with one attached hydrogen (secondary N) is 1. The van der Waals surface area contributed by atoms with Gasteiger partial charge in [0.1, 0.15) is 23.0 Å². The van der Waals surface area contributed by atoms with Crippen molar-refractivity contribution in [3.8, 4) is 33.6 Å². The third-order valence-corrected chi connectivity index (χ3v) is 6.46. The molecule has 204 valence electrons. The number of hydrogen-bond donors (Lipinski definition) is 1. The van der Waals surface area contributed by atoms with Gasteiger partial charge in [-0.1, -0.05) is 24.3 Å². The number of thiophene rings is 1. The second-order valence-corrected chi connectivity index (χ2v) is 9.45. The molecule has 1 N–H and O–H groups in total. The minimum absolute atomic E-state index is 0.0714. The first kappa shape index (κ1) is 26.0. The lowest BCUT2D eigenvalue weighted by Gasteiger charge is -2.12. The summed E-state index contributed by atoms with van der Waals surface area (Å²) in [7, 11) is 0. The number of anilines is 1. The Bertz CT molecular complexity index is 1770. The van der Waals surface area contributed by atoms with Crippen molar-refractivity contribution in [1.82, 2.24) is 24.6 Å². The maximum Gasteiger partial charge on any atom is 0.433 e. The molecule has 4 heterocycles. The molecule has 1 amide bonds. The van der Waals surface area contributed by atoms with Crippen molar-refractivity contribution in [2.24, 2.45) is 0 Å². The summed E-state index contributed by atoms with van der Waals surface area (Å²) in [5, 5.41) is 8.15. The maximum absolute atomic E-state index is 13.9. The van der Waals surface area contributed by atoms with E-state index in [0.717, 1.165) is 6.07 Å². The number of amides is 1. The Morgan fingerprint density at radius 1 is 0.854 bits per heavy atom. The smallest absolute Gasteiger partial charge is 0.433 e. The Morgan fingerprint density at radius 2 is 1.61 bits per heavy atom. The molecular formula is C28H17F3N6O3S. The lowest BCUT2D eigenvalue weighted by molar-refractivity contribution is -0.142. The van der Waals surface area contributed by atoms with E-state index in [4.69, 9.17) is 9.47 Å². The highest BCUT2D eigenvalue weighted by Gasteiger charge is 2.36. The fraction of sp³-hybridized carbons (Fsp3) is 0.0357. The first-order chi connectivity index (χ1) is 19.8. The highest BCUT2D eigenvalue weighted by molar-refractivity contribution is 7.13. The molecule has 0 radical (unpaired) electrons. The van der Waals surface area contributed by atoms with Crippen LogP contribution in [0.25, 0.3) is 16.3 Å². The Morgan fingerprint density at radius 3 is 2.29 bits per heavy atom. The monoisotopic (exact) mass is 574 g/mol. The van der Waals surface area contributed by atoms with Gasteiger partial charge in [-0.25, -0.2) is 4.98 Å². The number of ether oxygens (including phenoxy) is 2. The molecule has 6 aromatic rings. The zero-order valence-electron chi connectivity index (χ0n) is 20.7. The Labute approximate surface area is 233 Å². The van der Waals surface area contributed by atoms with Crippen molar-refractivity contribution in [2.45, 2.75) is 6.18 Å². The van der Waals surface area contributed by atoms with E-state index in [-0.39, 0.29) is 17.2 Å². The zero-order chi connectivity index (χ0) is 28.4. The van der Waals surface area contributed by atoms with Gasteiger partial charge in [-0.15, -0.1) is 16.4 Å². The molecule has 0 saturated carbocycles. The van der Waals surface area contributed by atoms with E-state index in [1.807, 2.05) is 6.07 Å². The van der Waals surface area contributed by atoms with Gasteiger partial charge in [-0.05, 0) is 41.8 Å². The maximum atomic E-state index is 13.9. The van der Waals surface area contributed by atoms with E-state index in [2.05, 4.69) is 25.4 Å². The van der Waals surface area contributed by atoms with Crippen molar-refractivity contribution in [2.75, 3.05) is 5.32 Å². The molecule has 4 aromatic heterocycles. The lowest BCUT2D eigenvalue weighted by atomic mass is 10.2. The quantitative estimate of drug-likeness (QED) is 0.217. The third-order valence-electron chi connectivity index (χ3n) is 5.57. The predicted octanol–water partition coefficient (Wildman–Crippen LogP) is 7.10. The number of nitrogens with zero attached hydrogens (tertiary/aromatic N) is 5. The van der Waals surface area contributed by atoms with Gasteiger partial charge < -0.3 is 14.8 Å². The van der Waals surface area contributed by atoms with Gasteiger partial charge in [0.2, 0.25) is 5.82 Å². The van der Waals surface area contributed by atoms with Crippen LogP contribution in [0.15, 0.2) is 96.6 Å². The molecule has 0 aliphatic carbocycles. The molecule has 41 heavy (non-hydrogen) atoms. The van der Waals surface area contributed by atoms with Crippen LogP contribution in [0.1, 0.15) is 16.3 Å². The second-order valence-electron chi connectivity index (χ2n) is 8.50. The predicted molar refractivity (Wildman–Crippen MR) is 144 cm³/mol. The first-order valence-corrected chi connectivity index (χ1v) is 12.9. The van der Waals surface area contributed by atoms with E-state index in [1.54, 1.807) is 66.2 Å². The average molecular weight is 575 g/mol. The zero-order valence-corrected chi connectivity index (χ0v) is 21.6. The molecular weight excluding hydrogens is 557 g/mol. The highest BCUT2D eigenvalue weighted by Crippen LogP contribution is 2.34. The van der Waals surface area contributed by atoms with Crippen LogP contribution in [0.5, 0.6) is 23.0 Å². The molecule has 0 bridgehead atoms. The highest BCUT2D eigenvalue weighted by atomic mass is 32.1. The molecule has 0 fully saturated rings. The summed E-state index contributed by atoms with van der Waals surface area (Å²) in [6.45, 7) is 0. The average Bonchev–Trinajstić information content (AvgIpc) is 3.64. The van der Waals surface area contributed by atoms with Crippen LogP contribution in [0.2, 0.25) is 0 Å². The number of hydrogen-bond acceptors (Lipinski definition) is 8. The number of benzene rings is 2. The van der Waals surface area contributed by atoms with Crippen LogP contribution >= 0.6 is 11.3 Å². The molecule has 2 aromatic carbocycles. The van der Waals surface area contributed by atoms with Gasteiger partial charge in [-0.3, -0.25) is 9.78 Å². The largest absolute Gasteiger partial charge is 0.457 e. The number of fused-ring (bicyclic) bond motifs is 1. The number of para-hydroxylation sites is 1. The number of carbonyl (C=O) groups is 1. The molecule has 0 aliphatic rings. The molecule has 0 saturated heterocycles. The molecule has 0 spiro atoms. The fourth-order valence-electron chi connectivity index (χ4n) is 3.83. The van der Waals surface area contributed by atoms with Crippen molar-refractivity contribution in [3.63, 3.8) is 0 Å². The minimum atomic E-state index is -4.77. The van der Waals surface area contributed by atoms with Gasteiger partial charge >= 0.3 is 6.18 Å². The number of alkyl halides is 3. The number of rotatable bonds is 7. The van der Waals surface area contributed by atoms with Gasteiger partial charge in [0.05, 0.1) is 16.8 Å². The van der Waals surface area contributed by atoms with Gasteiger partial charge in [0.25, 0.3) is 11.7 Å². The number of pyridine rings is 1. The topological polar surface area (TPSA) is 104 Å². The van der Waals surface area contributed by atoms with Crippen LogP contribution in [0.4, 0.5) is 18.9 Å². The van der Waals surface area contributed by atoms with Crippen molar-refractivity contribution in [3.05, 3.63) is 108 Å². The molecule has 0 atom stereocenters. The summed E-state index contributed by atoms with van der Waals surface area (Å²) >= 11 is 1.23. The van der Waals surface area contributed by atoms with Gasteiger partial charge in [-0.2, -0.15) is 22.7 Å². The summed E-state index contributed by atoms with van der Waals surface area (Å²) in [4.78, 5) is 25.9. The van der Waals surface area contributed by atoms with Crippen LogP contribution < -0.4 is 14.8 Å². The van der Waals surface area contributed by atoms with Gasteiger partial charge in [0.15, 0.2) is 5.69 Å². The molecule has 9 nitrogen and oxygen atoms in total. The number of halogens is 3. The van der Waals surface area contributed by atoms with Crippen molar-refractivity contribution >= 4 is 28.7 Å². The van der Waals surface area contributed by atoms with E-state index in [0.29, 0.717) is 32.4 Å². The minimum Gasteiger partial charge on any atom is -0.457 e. The van der Waals surface area contributed by atoms with Crippen LogP contribution in [-0.2, 0) is 6.18 Å². The Kier molecular flexibility index (Phi) is 6.77. The summed E-state index contributed by atoms with van der Waals surface area (Å²) in [6.07, 6.45) is -1.66. The van der Waals surface area contributed by atoms with Crippen LogP contribution in [0, 0.1) is 0 Å². The van der Waals surface area contributed by atoms with E-state index in [1.165, 1.54) is 29.7 Å². The Hall–Kier alpha value is -5.30. The van der Waals surface area contributed by atoms with Gasteiger partial charge in [0, 0.05) is 30.1 Å². The van der Waals surface area contributed by atoms with E-state index in [9.17, 15) is 18.0 Å². The lowest BCUT2D eigenvalue weighted by Crippen LogP contribution is -2.16. The summed E-state index contributed by atoms with van der Waals surface area (Å²) in [5.41, 5.74) is -0.811. The second kappa shape index (κ2) is 10.7. The van der Waals surface area contributed by atoms with E-state index >= 15 is 0 Å². The molecule has 0 unspecified atom stereocenters. The van der Waals surface area contributed by atoms with E-state index < -0.39 is 23.6 Å². The van der Waals surface area contributed by atoms with Crippen molar-refractivity contribution in [1.29, 1.82) is 0 Å². The third kappa shape index (κ3) is 5.84. The SMILES string of the molecule is O=C(Nc1cc(Oc2ccccc2)cc(Oc2cccnc2)c1)c1nc2nc(-c3cccs3)cc(C(F)(F)F)n2n1. The number of carbonyl (C=O) groups excluding carboxylic acids is 1. The Balaban J connectivity index is 1.34. The molecule has 13 heteroatoms. The summed E-state index contributed by atoms with van der Waals surface area (Å²) in [5.74, 6) is -0.103. The standard InChI is InChI=1S/C28H17F3N6O3S/c29-28(30,31)24-15-22(23-9-5-11-41-23)34-27-35-25(36-37(24)27)26(38)33-17-12-20(39-18-6-2-1-3-7-18)14-21(13-17)40-19-8-4-10-32-16-19/h1-16H,(H,33,38). The fourth-order valence-corrected chi connectivity index (χ4v) is 4.52. The van der Waals surface area contributed by atoms with Crippen LogP contribution in [0.3, 0.4) is 0 Å². The number of aromatic nitrogens is 5. The van der Waals surface area contributed by atoms with Crippen molar-refractivity contribution < 1.29 is 27.4 Å². The summed E-state index contributed by atoms with van der Waals surface area (Å²) < 4.78 is 54.0. The molecule has 6 rings (SSSR count). The molecule has 0 aliphatic heterocycles. The normalized spacial score (nSPS) is 11.4. The summed E-state index contributed by atoms with van der Waals surface area (Å²) in [6, 6.07) is 21.2. The van der Waals surface area contributed by atoms with Crippen LogP contribution in [-0.4, -0.2) is 30.5 Å². The first-order valence-electron chi connectivity index (χ1n) is 12.0.